The molecule has 35 heavy (non-hydrogen) atoms. The van der Waals surface area contributed by atoms with Gasteiger partial charge in [0.1, 0.15) is 0 Å². The summed E-state index contributed by atoms with van der Waals surface area (Å²) in [6.45, 7) is 2.94. The Kier molecular flexibility index (Phi) is 7.78. The molecule has 1 aliphatic heterocycles. The van der Waals surface area contributed by atoms with Gasteiger partial charge in [-0.25, -0.2) is 12.8 Å². The van der Waals surface area contributed by atoms with Crippen molar-refractivity contribution in [2.45, 2.75) is 39.0 Å². The van der Waals surface area contributed by atoms with Gasteiger partial charge in [0.2, 0.25) is 15.9 Å². The average molecular weight is 522 g/mol. The van der Waals surface area contributed by atoms with Crippen LogP contribution in [-0.4, -0.2) is 44.0 Å². The van der Waals surface area contributed by atoms with Crippen molar-refractivity contribution in [3.63, 3.8) is 0 Å². The summed E-state index contributed by atoms with van der Waals surface area (Å²) in [7, 11) is -3.91. The first-order valence-corrected chi connectivity index (χ1v) is 13.8. The highest BCUT2D eigenvalue weighted by molar-refractivity contribution is 7.89. The molecule has 1 saturated carbocycles. The molecule has 7 nitrogen and oxygen atoms in total. The Hall–Kier alpha value is -2.49. The number of hydrogen-bond donors (Lipinski definition) is 2. The van der Waals surface area contributed by atoms with Crippen LogP contribution in [0, 0.1) is 24.6 Å². The number of amides is 2. The normalized spacial score (nSPS) is 18.7. The Labute approximate surface area is 210 Å². The van der Waals surface area contributed by atoms with Crippen molar-refractivity contribution < 1.29 is 22.4 Å². The standard InChI is InChI=1S/C25H29ClFN3O4S/c1-16-5-2-9-19(11-16)20-12-21(23(27)22(26)13-20)24(31)28-29-35(33,34)15-17-6-4-10-30(14-17)25(32)18-7-3-8-18/h2,5,9,11-13,17-18,29H,3-4,6-8,10,14-15H2,1H3,(H,28,31). The Bertz CT molecular complexity index is 1230. The number of hydrazine groups is 1. The van der Waals surface area contributed by atoms with Crippen LogP contribution in [0.25, 0.3) is 11.1 Å². The number of aryl methyl sites for hydroxylation is 1. The number of rotatable bonds is 7. The minimum atomic E-state index is -3.91. The molecule has 2 fully saturated rings. The lowest BCUT2D eigenvalue weighted by atomic mass is 9.83. The molecule has 2 amide bonds. The van der Waals surface area contributed by atoms with Crippen molar-refractivity contribution in [2.75, 3.05) is 18.8 Å². The van der Waals surface area contributed by atoms with Crippen molar-refractivity contribution in [1.29, 1.82) is 0 Å². The van der Waals surface area contributed by atoms with E-state index in [1.165, 1.54) is 12.1 Å². The smallest absolute Gasteiger partial charge is 0.269 e. The third-order valence-electron chi connectivity index (χ3n) is 6.68. The van der Waals surface area contributed by atoms with Crippen LogP contribution < -0.4 is 10.3 Å². The number of hydrogen-bond acceptors (Lipinski definition) is 4. The number of nitrogens with zero attached hydrogens (tertiary/aromatic N) is 1. The third kappa shape index (κ3) is 6.20. The number of sulfonamides is 1. The molecule has 2 N–H and O–H groups in total. The summed E-state index contributed by atoms with van der Waals surface area (Å²) in [5.41, 5.74) is 4.00. The van der Waals surface area contributed by atoms with Gasteiger partial charge < -0.3 is 4.90 Å². The first kappa shape index (κ1) is 25.6. The van der Waals surface area contributed by atoms with Crippen molar-refractivity contribution in [3.05, 3.63) is 58.4 Å². The van der Waals surface area contributed by atoms with Crippen LogP contribution in [-0.2, 0) is 14.8 Å². The molecule has 0 bridgehead atoms. The second-order valence-corrected chi connectivity index (χ2v) is 11.6. The van der Waals surface area contributed by atoms with Crippen molar-refractivity contribution in [1.82, 2.24) is 15.2 Å². The predicted molar refractivity (Wildman–Crippen MR) is 133 cm³/mol. The predicted octanol–water partition coefficient (Wildman–Crippen LogP) is 4.06. The lowest BCUT2D eigenvalue weighted by molar-refractivity contribution is -0.139. The zero-order valence-electron chi connectivity index (χ0n) is 19.5. The van der Waals surface area contributed by atoms with Crippen LogP contribution in [0.15, 0.2) is 36.4 Å². The second kappa shape index (κ2) is 10.6. The number of benzene rings is 2. The number of halogens is 2. The second-order valence-electron chi connectivity index (χ2n) is 9.45. The highest BCUT2D eigenvalue weighted by Crippen LogP contribution is 2.31. The van der Waals surface area contributed by atoms with Gasteiger partial charge in [0.25, 0.3) is 5.91 Å². The van der Waals surface area contributed by atoms with E-state index in [1.54, 1.807) is 4.90 Å². The minimum absolute atomic E-state index is 0.0695. The third-order valence-corrected chi connectivity index (χ3v) is 8.28. The number of carbonyl (C=O) groups excluding carboxylic acids is 2. The molecule has 1 heterocycles. The monoisotopic (exact) mass is 521 g/mol. The largest absolute Gasteiger partial charge is 0.342 e. The number of carbonyl (C=O) groups is 2. The zero-order chi connectivity index (χ0) is 25.2. The molecule has 188 valence electrons. The van der Waals surface area contributed by atoms with E-state index in [9.17, 15) is 22.4 Å². The van der Waals surface area contributed by atoms with Gasteiger partial charge in [-0.3, -0.25) is 15.0 Å². The fourth-order valence-corrected chi connectivity index (χ4v) is 6.05. The Morgan fingerprint density at radius 3 is 2.57 bits per heavy atom. The minimum Gasteiger partial charge on any atom is -0.342 e. The van der Waals surface area contributed by atoms with Gasteiger partial charge in [0.15, 0.2) is 5.82 Å². The topological polar surface area (TPSA) is 95.6 Å². The summed E-state index contributed by atoms with van der Waals surface area (Å²) in [5, 5.41) is -0.240. The fraction of sp³-hybridized carbons (Fsp3) is 0.440. The lowest BCUT2D eigenvalue weighted by Crippen LogP contribution is -2.48. The van der Waals surface area contributed by atoms with Crippen LogP contribution in [0.4, 0.5) is 4.39 Å². The van der Waals surface area contributed by atoms with Crippen LogP contribution in [0.3, 0.4) is 0 Å². The molecule has 0 spiro atoms. The van der Waals surface area contributed by atoms with Crippen molar-refractivity contribution >= 4 is 33.4 Å². The number of nitrogens with one attached hydrogen (secondary N) is 2. The van der Waals surface area contributed by atoms with Crippen molar-refractivity contribution in [3.8, 4) is 11.1 Å². The molecular formula is C25H29ClFN3O4S. The average Bonchev–Trinajstić information content (AvgIpc) is 2.78. The molecule has 0 radical (unpaired) electrons. The summed E-state index contributed by atoms with van der Waals surface area (Å²) in [6, 6.07) is 10.2. The molecular weight excluding hydrogens is 493 g/mol. The Morgan fingerprint density at radius 1 is 1.11 bits per heavy atom. The van der Waals surface area contributed by atoms with Crippen molar-refractivity contribution in [2.24, 2.45) is 11.8 Å². The quantitative estimate of drug-likeness (QED) is 0.537. The van der Waals surface area contributed by atoms with Gasteiger partial charge in [0.05, 0.1) is 16.3 Å². The lowest BCUT2D eigenvalue weighted by Gasteiger charge is -2.37. The van der Waals surface area contributed by atoms with Crippen LogP contribution >= 0.6 is 11.6 Å². The van der Waals surface area contributed by atoms with Crippen LogP contribution in [0.2, 0.25) is 5.02 Å². The number of likely N-dealkylation sites (tertiary alicyclic amines) is 1. The van der Waals surface area contributed by atoms with E-state index in [0.717, 1.165) is 36.8 Å². The van der Waals surface area contributed by atoms with Gasteiger partial charge in [-0.15, -0.1) is 4.83 Å². The Balaban J connectivity index is 1.40. The first-order valence-electron chi connectivity index (χ1n) is 11.8. The molecule has 1 unspecified atom stereocenters. The molecule has 4 rings (SSSR count). The van der Waals surface area contributed by atoms with E-state index in [4.69, 9.17) is 11.6 Å². The van der Waals surface area contributed by atoms with Gasteiger partial charge in [-0.1, -0.05) is 47.9 Å². The molecule has 2 aliphatic rings. The van der Waals surface area contributed by atoms with Crippen LogP contribution in [0.5, 0.6) is 0 Å². The van der Waals surface area contributed by atoms with E-state index < -0.39 is 21.7 Å². The summed E-state index contributed by atoms with van der Waals surface area (Å²) in [5.74, 6) is -2.18. The fourth-order valence-electron chi connectivity index (χ4n) is 4.60. The van der Waals surface area contributed by atoms with E-state index in [0.29, 0.717) is 25.1 Å². The zero-order valence-corrected chi connectivity index (χ0v) is 21.1. The summed E-state index contributed by atoms with van der Waals surface area (Å²) >= 11 is 6.02. The van der Waals surface area contributed by atoms with E-state index in [2.05, 4.69) is 10.3 Å². The van der Waals surface area contributed by atoms with Gasteiger partial charge in [-0.2, -0.15) is 0 Å². The summed E-state index contributed by atoms with van der Waals surface area (Å²) in [4.78, 5) is 29.0. The molecule has 10 heteroatoms. The van der Waals surface area contributed by atoms with E-state index >= 15 is 0 Å². The molecule has 2 aromatic carbocycles. The maximum absolute atomic E-state index is 14.6. The molecule has 2 aromatic rings. The van der Waals surface area contributed by atoms with Gasteiger partial charge in [-0.05, 0) is 61.8 Å². The molecule has 1 atom stereocenters. The van der Waals surface area contributed by atoms with E-state index in [-0.39, 0.29) is 34.1 Å². The maximum Gasteiger partial charge on any atom is 0.269 e. The SMILES string of the molecule is Cc1cccc(-c2cc(Cl)c(F)c(C(=O)NNS(=O)(=O)CC3CCCN(C(=O)C4CCC4)C3)c2)c1. The van der Waals surface area contributed by atoms with Gasteiger partial charge >= 0.3 is 0 Å². The van der Waals surface area contributed by atoms with Gasteiger partial charge in [0, 0.05) is 19.0 Å². The summed E-state index contributed by atoms with van der Waals surface area (Å²) in [6.07, 6.45) is 4.27. The van der Waals surface area contributed by atoms with E-state index in [1.807, 2.05) is 31.2 Å². The highest BCUT2D eigenvalue weighted by atomic mass is 35.5. The molecule has 1 aliphatic carbocycles. The highest BCUT2D eigenvalue weighted by Gasteiger charge is 2.33. The first-order chi connectivity index (χ1) is 16.6. The number of piperidine rings is 1. The summed E-state index contributed by atoms with van der Waals surface area (Å²) < 4.78 is 39.9. The molecule has 1 saturated heterocycles. The molecule has 0 aromatic heterocycles. The Morgan fingerprint density at radius 2 is 1.89 bits per heavy atom. The maximum atomic E-state index is 14.6. The van der Waals surface area contributed by atoms with Crippen LogP contribution in [0.1, 0.15) is 48.0 Å².